The predicted octanol–water partition coefficient (Wildman–Crippen LogP) is 2.64. The van der Waals surface area contributed by atoms with E-state index < -0.39 is 5.82 Å². The molecule has 0 saturated carbocycles. The van der Waals surface area contributed by atoms with Gasteiger partial charge < -0.3 is 10.8 Å². The van der Waals surface area contributed by atoms with E-state index in [1.165, 1.54) is 6.07 Å². The number of hydrogen-bond donors (Lipinski definition) is 2. The van der Waals surface area contributed by atoms with Crippen molar-refractivity contribution in [2.75, 3.05) is 5.73 Å². The normalized spacial score (nSPS) is 10.1. The third-order valence-corrected chi connectivity index (χ3v) is 2.47. The number of hydrogen-bond acceptors (Lipinski definition) is 2. The summed E-state index contributed by atoms with van der Waals surface area (Å²) in [6, 6.07) is 1.30. The maximum atomic E-state index is 12.9. The Balaban J connectivity index is 3.46. The summed E-state index contributed by atoms with van der Waals surface area (Å²) in [5, 5.41) is 9.08. The summed E-state index contributed by atoms with van der Waals surface area (Å²) in [5.74, 6) is -0.831. The molecule has 2 nitrogen and oxygen atoms in total. The second-order valence-electron chi connectivity index (χ2n) is 1.92. The molecule has 0 unspecified atom stereocenters. The zero-order valence-electron chi connectivity index (χ0n) is 5.24. The Morgan fingerprint density at radius 3 is 2.55 bits per heavy atom. The number of phenolic OH excluding ortho intramolecular Hbond substituents is 1. The molecule has 0 aliphatic carbocycles. The number of anilines is 1. The van der Waals surface area contributed by atoms with Crippen LogP contribution < -0.4 is 5.73 Å². The second kappa shape index (κ2) is 2.98. The first kappa shape index (κ1) is 8.80. The van der Waals surface area contributed by atoms with Gasteiger partial charge in [-0.25, -0.2) is 4.39 Å². The first-order valence-corrected chi connectivity index (χ1v) is 4.24. The van der Waals surface area contributed by atoms with Crippen LogP contribution in [0.4, 0.5) is 10.1 Å². The van der Waals surface area contributed by atoms with Crippen molar-refractivity contribution in [2.45, 2.75) is 0 Å². The van der Waals surface area contributed by atoms with Gasteiger partial charge in [-0.15, -0.1) is 0 Å². The van der Waals surface area contributed by atoms with Crippen LogP contribution in [0.25, 0.3) is 0 Å². The van der Waals surface area contributed by atoms with Crippen molar-refractivity contribution < 1.29 is 9.50 Å². The molecule has 0 aliphatic heterocycles. The van der Waals surface area contributed by atoms with Gasteiger partial charge in [-0.3, -0.25) is 0 Å². The van der Waals surface area contributed by atoms with Crippen molar-refractivity contribution >= 4 is 37.5 Å². The van der Waals surface area contributed by atoms with Crippen LogP contribution in [0.5, 0.6) is 5.75 Å². The van der Waals surface area contributed by atoms with Gasteiger partial charge in [0.15, 0.2) is 11.6 Å². The van der Waals surface area contributed by atoms with Crippen LogP contribution in [0.1, 0.15) is 0 Å². The maximum absolute atomic E-state index is 12.9. The lowest BCUT2D eigenvalue weighted by Gasteiger charge is -2.03. The van der Waals surface area contributed by atoms with Crippen molar-refractivity contribution in [2.24, 2.45) is 0 Å². The van der Waals surface area contributed by atoms with E-state index in [4.69, 9.17) is 10.8 Å². The quantitative estimate of drug-likeness (QED) is 0.437. The van der Waals surface area contributed by atoms with Crippen LogP contribution in [0.2, 0.25) is 0 Å². The fraction of sp³-hybridized carbons (Fsp3) is 0. The third kappa shape index (κ3) is 1.49. The Bertz CT molecular complexity index is 277. The molecule has 0 spiro atoms. The zero-order chi connectivity index (χ0) is 8.59. The van der Waals surface area contributed by atoms with Crippen LogP contribution in [-0.2, 0) is 0 Å². The molecule has 5 heteroatoms. The highest BCUT2D eigenvalue weighted by Crippen LogP contribution is 2.36. The number of nitrogens with two attached hydrogens (primary N) is 1. The highest BCUT2D eigenvalue weighted by molar-refractivity contribution is 9.11. The number of halogens is 3. The Kier molecular flexibility index (Phi) is 2.39. The molecule has 0 heterocycles. The van der Waals surface area contributed by atoms with E-state index in [0.29, 0.717) is 0 Å². The topological polar surface area (TPSA) is 46.2 Å². The van der Waals surface area contributed by atoms with Gasteiger partial charge in [0, 0.05) is 0 Å². The molecule has 11 heavy (non-hydrogen) atoms. The minimum Gasteiger partial charge on any atom is -0.505 e. The van der Waals surface area contributed by atoms with Crippen molar-refractivity contribution in [1.82, 2.24) is 0 Å². The van der Waals surface area contributed by atoms with Gasteiger partial charge in [-0.2, -0.15) is 0 Å². The Morgan fingerprint density at radius 2 is 2.00 bits per heavy atom. The monoisotopic (exact) mass is 283 g/mol. The molecule has 1 rings (SSSR count). The van der Waals surface area contributed by atoms with E-state index in [9.17, 15) is 4.39 Å². The molecule has 0 atom stereocenters. The summed E-state index contributed by atoms with van der Waals surface area (Å²) in [6.07, 6.45) is 0. The summed E-state index contributed by atoms with van der Waals surface area (Å²) in [4.78, 5) is 0. The van der Waals surface area contributed by atoms with Crippen LogP contribution in [0.15, 0.2) is 15.0 Å². The molecule has 1 aromatic carbocycles. The van der Waals surface area contributed by atoms with E-state index in [2.05, 4.69) is 31.9 Å². The molecular formula is C6H4Br2FNO. The Hall–Kier alpha value is -0.290. The smallest absolute Gasteiger partial charge is 0.155 e. The van der Waals surface area contributed by atoms with E-state index in [1.54, 1.807) is 0 Å². The van der Waals surface area contributed by atoms with Crippen LogP contribution >= 0.6 is 31.9 Å². The highest BCUT2D eigenvalue weighted by atomic mass is 79.9. The van der Waals surface area contributed by atoms with E-state index >= 15 is 0 Å². The minimum absolute atomic E-state index is 0.0237. The SMILES string of the molecule is Nc1cc(Br)c(F)c(Br)c1O. The number of rotatable bonds is 0. The Labute approximate surface area is 79.5 Å². The van der Waals surface area contributed by atoms with E-state index in [0.717, 1.165) is 0 Å². The van der Waals surface area contributed by atoms with Gasteiger partial charge in [0.1, 0.15) is 0 Å². The average Bonchev–Trinajstić information content (AvgIpc) is 1.97. The lowest BCUT2D eigenvalue weighted by Crippen LogP contribution is -1.89. The fourth-order valence-electron chi connectivity index (χ4n) is 0.604. The summed E-state index contributed by atoms with van der Waals surface area (Å²) in [6.45, 7) is 0. The molecule has 1 aromatic rings. The summed E-state index contributed by atoms with van der Waals surface area (Å²) in [7, 11) is 0. The molecule has 0 fully saturated rings. The molecule has 0 aromatic heterocycles. The number of phenols is 1. The predicted molar refractivity (Wildman–Crippen MR) is 47.9 cm³/mol. The molecule has 3 N–H and O–H groups in total. The van der Waals surface area contributed by atoms with Gasteiger partial charge in [0.2, 0.25) is 0 Å². The minimum atomic E-state index is -0.559. The summed E-state index contributed by atoms with van der Waals surface area (Å²) >= 11 is 5.78. The first-order valence-electron chi connectivity index (χ1n) is 2.66. The molecule has 0 amide bonds. The largest absolute Gasteiger partial charge is 0.505 e. The third-order valence-electron chi connectivity index (χ3n) is 1.17. The van der Waals surface area contributed by atoms with Crippen molar-refractivity contribution in [3.05, 3.63) is 20.8 Å². The van der Waals surface area contributed by atoms with Crippen molar-refractivity contribution in [3.8, 4) is 5.75 Å². The van der Waals surface area contributed by atoms with Crippen LogP contribution in [0, 0.1) is 5.82 Å². The standard InChI is InChI=1S/C6H4Br2FNO/c7-2-1-3(10)6(11)4(8)5(2)9/h1,11H,10H2. The summed E-state index contributed by atoms with van der Waals surface area (Å²) in [5.41, 5.74) is 5.44. The van der Waals surface area contributed by atoms with E-state index in [1.807, 2.05) is 0 Å². The summed E-state index contributed by atoms with van der Waals surface area (Å²) < 4.78 is 13.1. The van der Waals surface area contributed by atoms with E-state index in [-0.39, 0.29) is 20.4 Å². The number of nitrogen functional groups attached to an aromatic ring is 1. The van der Waals surface area contributed by atoms with Gasteiger partial charge >= 0.3 is 0 Å². The number of aromatic hydroxyl groups is 1. The molecule has 60 valence electrons. The van der Waals surface area contributed by atoms with Crippen molar-refractivity contribution in [3.63, 3.8) is 0 Å². The van der Waals surface area contributed by atoms with Crippen LogP contribution in [0.3, 0.4) is 0 Å². The molecule has 0 aliphatic rings. The Morgan fingerprint density at radius 1 is 1.45 bits per heavy atom. The second-order valence-corrected chi connectivity index (χ2v) is 3.57. The average molecular weight is 285 g/mol. The molecule has 0 radical (unpaired) electrons. The van der Waals surface area contributed by atoms with Gasteiger partial charge in [-0.05, 0) is 37.9 Å². The van der Waals surface area contributed by atoms with Crippen LogP contribution in [-0.4, -0.2) is 5.11 Å². The lowest BCUT2D eigenvalue weighted by molar-refractivity contribution is 0.466. The zero-order valence-corrected chi connectivity index (χ0v) is 8.41. The van der Waals surface area contributed by atoms with Crippen molar-refractivity contribution in [1.29, 1.82) is 0 Å². The molecule has 0 saturated heterocycles. The maximum Gasteiger partial charge on any atom is 0.155 e. The first-order chi connectivity index (χ1) is 5.04. The molecular weight excluding hydrogens is 281 g/mol. The lowest BCUT2D eigenvalue weighted by atomic mass is 10.3. The molecule has 0 bridgehead atoms. The highest BCUT2D eigenvalue weighted by Gasteiger charge is 2.11. The van der Waals surface area contributed by atoms with Gasteiger partial charge in [0.25, 0.3) is 0 Å². The fourth-order valence-corrected chi connectivity index (χ4v) is 1.76. The van der Waals surface area contributed by atoms with Gasteiger partial charge in [-0.1, -0.05) is 0 Å². The van der Waals surface area contributed by atoms with Gasteiger partial charge in [0.05, 0.1) is 14.6 Å². The number of benzene rings is 1.